The maximum atomic E-state index is 12.5. The van der Waals surface area contributed by atoms with E-state index in [2.05, 4.69) is 51.4 Å². The summed E-state index contributed by atoms with van der Waals surface area (Å²) in [4.78, 5) is 13.8. The van der Waals surface area contributed by atoms with E-state index in [1.165, 1.54) is 22.2 Å². The van der Waals surface area contributed by atoms with Crippen molar-refractivity contribution in [1.29, 1.82) is 0 Å². The standard InChI is InChI=1S/C22H28N4OS2/c1-5-7-18-12-17(13-28-18)21-24-25-22(26(21)10-6-2)29-14-20(27)23-19-9-8-15(3)11-16(19)4/h8-9,11-13H,5-7,10,14H2,1-4H3,(H,23,27). The molecule has 0 aliphatic rings. The van der Waals surface area contributed by atoms with Gasteiger partial charge in [0, 0.05) is 28.1 Å². The van der Waals surface area contributed by atoms with Gasteiger partial charge in [-0.1, -0.05) is 49.7 Å². The predicted octanol–water partition coefficient (Wildman–Crippen LogP) is 5.72. The van der Waals surface area contributed by atoms with Crippen molar-refractivity contribution in [1.82, 2.24) is 14.8 Å². The number of hydrogen-bond donors (Lipinski definition) is 1. The minimum atomic E-state index is -0.0321. The van der Waals surface area contributed by atoms with E-state index in [0.29, 0.717) is 5.75 Å². The molecule has 7 heteroatoms. The van der Waals surface area contributed by atoms with Crippen molar-refractivity contribution in [2.24, 2.45) is 0 Å². The fourth-order valence-corrected chi connectivity index (χ4v) is 4.91. The average molecular weight is 429 g/mol. The molecule has 3 rings (SSSR count). The number of amides is 1. The first-order valence-electron chi connectivity index (χ1n) is 10.0. The summed E-state index contributed by atoms with van der Waals surface area (Å²) in [5.41, 5.74) is 4.23. The van der Waals surface area contributed by atoms with E-state index in [1.54, 1.807) is 11.3 Å². The molecule has 154 valence electrons. The fraction of sp³-hybridized carbons (Fsp3) is 0.409. The van der Waals surface area contributed by atoms with E-state index in [9.17, 15) is 4.79 Å². The quantitative estimate of drug-likeness (QED) is 0.443. The average Bonchev–Trinajstić information content (AvgIpc) is 3.30. The normalized spacial score (nSPS) is 11.0. The highest BCUT2D eigenvalue weighted by Crippen LogP contribution is 2.29. The number of thioether (sulfide) groups is 1. The summed E-state index contributed by atoms with van der Waals surface area (Å²) in [6, 6.07) is 8.25. The van der Waals surface area contributed by atoms with Crippen LogP contribution in [0.4, 0.5) is 5.69 Å². The monoisotopic (exact) mass is 428 g/mol. The minimum absolute atomic E-state index is 0.0321. The first-order valence-corrected chi connectivity index (χ1v) is 11.9. The Morgan fingerprint density at radius 3 is 2.72 bits per heavy atom. The van der Waals surface area contributed by atoms with Crippen molar-refractivity contribution >= 4 is 34.7 Å². The molecule has 0 fully saturated rings. The van der Waals surface area contributed by atoms with E-state index < -0.39 is 0 Å². The van der Waals surface area contributed by atoms with Gasteiger partial charge in [-0.15, -0.1) is 21.5 Å². The predicted molar refractivity (Wildman–Crippen MR) is 123 cm³/mol. The van der Waals surface area contributed by atoms with Crippen LogP contribution in [-0.2, 0) is 17.8 Å². The summed E-state index contributed by atoms with van der Waals surface area (Å²) in [6.07, 6.45) is 3.21. The molecule has 2 aromatic heterocycles. The third-order valence-electron chi connectivity index (χ3n) is 4.56. The Morgan fingerprint density at radius 1 is 1.17 bits per heavy atom. The second-order valence-electron chi connectivity index (χ2n) is 7.16. The third-order valence-corrected chi connectivity index (χ3v) is 6.52. The Morgan fingerprint density at radius 2 is 2.00 bits per heavy atom. The summed E-state index contributed by atoms with van der Waals surface area (Å²) < 4.78 is 2.13. The Hall–Kier alpha value is -2.12. The highest BCUT2D eigenvalue weighted by Gasteiger charge is 2.16. The number of benzene rings is 1. The van der Waals surface area contributed by atoms with Crippen LogP contribution < -0.4 is 5.32 Å². The van der Waals surface area contributed by atoms with Crippen LogP contribution in [0.15, 0.2) is 34.8 Å². The minimum Gasteiger partial charge on any atom is -0.325 e. The number of carbonyl (C=O) groups excluding carboxylic acids is 1. The molecule has 1 amide bonds. The van der Waals surface area contributed by atoms with Gasteiger partial charge in [-0.05, 0) is 44.4 Å². The summed E-state index contributed by atoms with van der Waals surface area (Å²) in [5.74, 6) is 1.16. The molecule has 29 heavy (non-hydrogen) atoms. The molecule has 1 N–H and O–H groups in total. The van der Waals surface area contributed by atoms with Crippen LogP contribution in [0.1, 0.15) is 42.7 Å². The summed E-state index contributed by atoms with van der Waals surface area (Å²) in [5, 5.41) is 14.8. The van der Waals surface area contributed by atoms with E-state index in [0.717, 1.165) is 53.6 Å². The van der Waals surface area contributed by atoms with Crippen molar-refractivity contribution in [2.45, 2.75) is 58.7 Å². The SMILES string of the molecule is CCCc1cc(-c2nnc(SCC(=O)Nc3ccc(C)cc3C)n2CCC)cs1. The second-order valence-corrected chi connectivity index (χ2v) is 9.10. The van der Waals surface area contributed by atoms with Crippen molar-refractivity contribution in [3.8, 4) is 11.4 Å². The van der Waals surface area contributed by atoms with Gasteiger partial charge >= 0.3 is 0 Å². The Labute approximate surface area is 180 Å². The molecule has 0 aliphatic heterocycles. The lowest BCUT2D eigenvalue weighted by Gasteiger charge is -2.10. The maximum Gasteiger partial charge on any atom is 0.234 e. The Bertz CT molecular complexity index is 977. The number of anilines is 1. The van der Waals surface area contributed by atoms with Crippen molar-refractivity contribution < 1.29 is 4.79 Å². The lowest BCUT2D eigenvalue weighted by atomic mass is 10.1. The molecule has 0 bridgehead atoms. The number of rotatable bonds is 9. The van der Waals surface area contributed by atoms with E-state index >= 15 is 0 Å². The number of thiophene rings is 1. The van der Waals surface area contributed by atoms with Crippen LogP contribution >= 0.6 is 23.1 Å². The van der Waals surface area contributed by atoms with Crippen LogP contribution in [0.3, 0.4) is 0 Å². The zero-order chi connectivity index (χ0) is 20.8. The third kappa shape index (κ3) is 5.48. The smallest absolute Gasteiger partial charge is 0.234 e. The van der Waals surface area contributed by atoms with Crippen molar-refractivity contribution in [2.75, 3.05) is 11.1 Å². The number of carbonyl (C=O) groups is 1. The Balaban J connectivity index is 1.70. The summed E-state index contributed by atoms with van der Waals surface area (Å²) in [6.45, 7) is 9.22. The molecule has 0 saturated carbocycles. The van der Waals surface area contributed by atoms with E-state index in [-0.39, 0.29) is 5.91 Å². The van der Waals surface area contributed by atoms with Crippen molar-refractivity contribution in [3.63, 3.8) is 0 Å². The van der Waals surface area contributed by atoms with Gasteiger partial charge in [-0.25, -0.2) is 0 Å². The zero-order valence-electron chi connectivity index (χ0n) is 17.5. The highest BCUT2D eigenvalue weighted by molar-refractivity contribution is 7.99. The first-order chi connectivity index (χ1) is 14.0. The second kappa shape index (κ2) is 10.1. The van der Waals surface area contributed by atoms with Gasteiger partial charge in [-0.2, -0.15) is 0 Å². The molecular formula is C22H28N4OS2. The lowest BCUT2D eigenvalue weighted by molar-refractivity contribution is -0.113. The molecule has 0 atom stereocenters. The van der Waals surface area contributed by atoms with Gasteiger partial charge in [0.05, 0.1) is 5.75 Å². The highest BCUT2D eigenvalue weighted by atomic mass is 32.2. The number of hydrogen-bond acceptors (Lipinski definition) is 5. The molecule has 0 unspecified atom stereocenters. The number of aryl methyl sites for hydroxylation is 3. The van der Waals surface area contributed by atoms with Crippen LogP contribution in [0.5, 0.6) is 0 Å². The summed E-state index contributed by atoms with van der Waals surface area (Å²) >= 11 is 3.21. The molecule has 0 aliphatic carbocycles. The molecule has 0 saturated heterocycles. The summed E-state index contributed by atoms with van der Waals surface area (Å²) in [7, 11) is 0. The van der Waals surface area contributed by atoms with Crippen LogP contribution in [-0.4, -0.2) is 26.4 Å². The zero-order valence-corrected chi connectivity index (χ0v) is 19.1. The molecular weight excluding hydrogens is 400 g/mol. The van der Waals surface area contributed by atoms with Gasteiger partial charge in [0.2, 0.25) is 5.91 Å². The van der Waals surface area contributed by atoms with Gasteiger partial charge < -0.3 is 9.88 Å². The number of nitrogens with zero attached hydrogens (tertiary/aromatic N) is 3. The lowest BCUT2D eigenvalue weighted by Crippen LogP contribution is -2.15. The first kappa shape index (κ1) is 21.6. The van der Waals surface area contributed by atoms with Gasteiger partial charge in [0.1, 0.15) is 0 Å². The van der Waals surface area contributed by atoms with E-state index in [4.69, 9.17) is 0 Å². The number of nitrogens with one attached hydrogen (secondary N) is 1. The van der Waals surface area contributed by atoms with Crippen LogP contribution in [0.25, 0.3) is 11.4 Å². The molecule has 2 heterocycles. The topological polar surface area (TPSA) is 59.8 Å². The van der Waals surface area contributed by atoms with Crippen molar-refractivity contribution in [3.05, 3.63) is 45.6 Å². The molecule has 1 aromatic carbocycles. The molecule has 0 spiro atoms. The molecule has 0 radical (unpaired) electrons. The molecule has 3 aromatic rings. The van der Waals surface area contributed by atoms with E-state index in [1.807, 2.05) is 26.0 Å². The Kier molecular flexibility index (Phi) is 7.50. The molecule has 5 nitrogen and oxygen atoms in total. The number of aromatic nitrogens is 3. The van der Waals surface area contributed by atoms with Crippen LogP contribution in [0, 0.1) is 13.8 Å². The fourth-order valence-electron chi connectivity index (χ4n) is 3.18. The van der Waals surface area contributed by atoms with Gasteiger partial charge in [0.25, 0.3) is 0 Å². The maximum absolute atomic E-state index is 12.5. The van der Waals surface area contributed by atoms with Gasteiger partial charge in [-0.3, -0.25) is 4.79 Å². The largest absolute Gasteiger partial charge is 0.325 e. The van der Waals surface area contributed by atoms with Crippen LogP contribution in [0.2, 0.25) is 0 Å². The van der Waals surface area contributed by atoms with Gasteiger partial charge in [0.15, 0.2) is 11.0 Å².